The van der Waals surface area contributed by atoms with Crippen molar-refractivity contribution >= 4 is 25.7 Å². The topological polar surface area (TPSA) is 169 Å². The van der Waals surface area contributed by atoms with E-state index < -0.39 is 57.6 Å². The van der Waals surface area contributed by atoms with Gasteiger partial charge in [-0.1, -0.05) is 147 Å². The Hall–Kier alpha value is -2.04. The quantitative estimate of drug-likeness (QED) is 0.0208. The minimum Gasteiger partial charge on any atom is -0.480 e. The summed E-state index contributed by atoms with van der Waals surface area (Å²) in [6.45, 7) is 2.50. The average molecular weight is 746 g/mol. The molecule has 1 amide bonds. The van der Waals surface area contributed by atoms with Gasteiger partial charge in [0.05, 0.1) is 13.2 Å². The highest BCUT2D eigenvalue weighted by Crippen LogP contribution is 2.43. The number of aliphatic hydroxyl groups excluding tert-OH is 1. The third-order valence-corrected chi connectivity index (χ3v) is 9.43. The zero-order valence-electron chi connectivity index (χ0n) is 31.9. The third kappa shape index (κ3) is 34.8. The predicted octanol–water partition coefficient (Wildman–Crippen LogP) is 9.50. The maximum Gasteiger partial charge on any atom is 0.472 e. The van der Waals surface area contributed by atoms with E-state index in [1.165, 1.54) is 70.6 Å². The van der Waals surface area contributed by atoms with Gasteiger partial charge in [0, 0.05) is 12.8 Å². The van der Waals surface area contributed by atoms with E-state index >= 15 is 0 Å². The van der Waals surface area contributed by atoms with Gasteiger partial charge >= 0.3 is 19.8 Å². The summed E-state index contributed by atoms with van der Waals surface area (Å²) in [6, 6.07) is -1.54. The molecular weight excluding hydrogens is 673 g/mol. The van der Waals surface area contributed by atoms with Gasteiger partial charge in [-0.25, -0.2) is 9.36 Å². The molecule has 0 aliphatic carbocycles. The first-order valence-electron chi connectivity index (χ1n) is 19.9. The molecule has 11 nitrogen and oxygen atoms in total. The molecule has 0 spiro atoms. The number of phosphoric acid groups is 1. The number of allylic oxidation sites excluding steroid dienone is 4. The Kier molecular flexibility index (Phi) is 33.6. The van der Waals surface area contributed by atoms with E-state index in [0.29, 0.717) is 12.8 Å². The number of aliphatic hydroxyl groups is 1. The number of esters is 1. The summed E-state index contributed by atoms with van der Waals surface area (Å²) in [6.07, 6.45) is 33.5. The molecule has 0 aliphatic heterocycles. The molecule has 0 radical (unpaired) electrons. The Labute approximate surface area is 309 Å². The lowest BCUT2D eigenvalue weighted by Crippen LogP contribution is -2.43. The molecule has 0 aromatic rings. The van der Waals surface area contributed by atoms with Crippen LogP contribution in [0.1, 0.15) is 174 Å². The second-order valence-corrected chi connectivity index (χ2v) is 14.9. The molecule has 51 heavy (non-hydrogen) atoms. The Morgan fingerprint density at radius 1 is 0.627 bits per heavy atom. The first-order valence-corrected chi connectivity index (χ1v) is 21.4. The van der Waals surface area contributed by atoms with Crippen molar-refractivity contribution in [2.45, 2.75) is 187 Å². The predicted molar refractivity (Wildman–Crippen MR) is 203 cm³/mol. The highest BCUT2D eigenvalue weighted by atomic mass is 31.2. The molecule has 0 aromatic heterocycles. The molecule has 0 fully saturated rings. The fourth-order valence-corrected chi connectivity index (χ4v) is 6.12. The maximum atomic E-state index is 12.3. The van der Waals surface area contributed by atoms with Crippen molar-refractivity contribution < 1.29 is 47.8 Å². The summed E-state index contributed by atoms with van der Waals surface area (Å²) < 4.78 is 26.7. The molecule has 0 aromatic carbocycles. The van der Waals surface area contributed by atoms with E-state index in [4.69, 9.17) is 13.8 Å². The Balaban J connectivity index is 3.96. The molecule has 3 unspecified atom stereocenters. The largest absolute Gasteiger partial charge is 0.480 e. The van der Waals surface area contributed by atoms with Crippen LogP contribution in [-0.2, 0) is 32.7 Å². The number of carboxylic acid groups (broad SMARTS) is 1. The van der Waals surface area contributed by atoms with Crippen LogP contribution in [0.25, 0.3) is 0 Å². The number of unbranched alkanes of at least 4 members (excludes halogenated alkanes) is 19. The van der Waals surface area contributed by atoms with Crippen LogP contribution in [0, 0.1) is 0 Å². The second-order valence-electron chi connectivity index (χ2n) is 13.5. The van der Waals surface area contributed by atoms with Crippen molar-refractivity contribution in [3.05, 3.63) is 24.3 Å². The Morgan fingerprint density at radius 2 is 1.12 bits per heavy atom. The van der Waals surface area contributed by atoms with E-state index in [-0.39, 0.29) is 12.8 Å². The summed E-state index contributed by atoms with van der Waals surface area (Å²) in [4.78, 5) is 45.7. The number of rotatable bonds is 37. The van der Waals surface area contributed by atoms with Gasteiger partial charge in [-0.05, 0) is 38.5 Å². The molecule has 0 aliphatic rings. The number of carbonyl (C=O) groups is 3. The summed E-state index contributed by atoms with van der Waals surface area (Å²) in [5.74, 6) is -2.38. The van der Waals surface area contributed by atoms with E-state index in [1.807, 2.05) is 0 Å². The number of hydrogen-bond donors (Lipinski definition) is 4. The van der Waals surface area contributed by atoms with Crippen LogP contribution in [0.2, 0.25) is 0 Å². The molecular formula is C39H72NO10P. The van der Waals surface area contributed by atoms with Crippen LogP contribution in [0.4, 0.5) is 0 Å². The van der Waals surface area contributed by atoms with Gasteiger partial charge in [-0.2, -0.15) is 0 Å². The monoisotopic (exact) mass is 745 g/mol. The summed E-state index contributed by atoms with van der Waals surface area (Å²) >= 11 is 0. The van der Waals surface area contributed by atoms with E-state index in [9.17, 15) is 34.1 Å². The van der Waals surface area contributed by atoms with Crippen LogP contribution in [0.5, 0.6) is 0 Å². The molecule has 298 valence electrons. The van der Waals surface area contributed by atoms with Gasteiger partial charge in [0.25, 0.3) is 0 Å². The number of hydrogen-bond acceptors (Lipinski definition) is 8. The molecule has 0 heterocycles. The van der Waals surface area contributed by atoms with Crippen LogP contribution in [0.15, 0.2) is 24.3 Å². The van der Waals surface area contributed by atoms with E-state index in [0.717, 1.165) is 64.2 Å². The first-order chi connectivity index (χ1) is 24.6. The third-order valence-electron chi connectivity index (χ3n) is 8.47. The zero-order chi connectivity index (χ0) is 37.8. The van der Waals surface area contributed by atoms with Crippen molar-refractivity contribution in [1.82, 2.24) is 5.32 Å². The summed E-state index contributed by atoms with van der Waals surface area (Å²) in [5.41, 5.74) is 0. The summed E-state index contributed by atoms with van der Waals surface area (Å²) in [7, 11) is -4.75. The van der Waals surface area contributed by atoms with Gasteiger partial charge in [0.1, 0.15) is 12.7 Å². The van der Waals surface area contributed by atoms with Crippen molar-refractivity contribution in [1.29, 1.82) is 0 Å². The minimum absolute atomic E-state index is 0.148. The van der Waals surface area contributed by atoms with Crippen LogP contribution < -0.4 is 5.32 Å². The Bertz CT molecular complexity index is 974. The van der Waals surface area contributed by atoms with Gasteiger partial charge < -0.3 is 25.2 Å². The maximum absolute atomic E-state index is 12.3. The fourth-order valence-electron chi connectivity index (χ4n) is 5.35. The zero-order valence-corrected chi connectivity index (χ0v) is 32.8. The lowest BCUT2D eigenvalue weighted by molar-refractivity contribution is -0.147. The van der Waals surface area contributed by atoms with Gasteiger partial charge in [0.2, 0.25) is 5.91 Å². The number of phosphoric ester groups is 1. The van der Waals surface area contributed by atoms with Crippen molar-refractivity contribution in [2.75, 3.05) is 19.8 Å². The van der Waals surface area contributed by atoms with Gasteiger partial charge in [-0.3, -0.25) is 18.6 Å². The van der Waals surface area contributed by atoms with Gasteiger partial charge in [-0.15, -0.1) is 0 Å². The number of nitrogens with one attached hydrogen (secondary N) is 1. The number of carboxylic acids is 1. The SMILES string of the molecule is CCC/C=C\C/C=C\CCCCCCCC(=O)OCC(O)COP(=O)(O)OCC(NC(=O)CCCCCCCCCCCCCCCC)C(=O)O. The first kappa shape index (κ1) is 49.0. The highest BCUT2D eigenvalue weighted by molar-refractivity contribution is 7.47. The summed E-state index contributed by atoms with van der Waals surface area (Å²) in [5, 5.41) is 21.7. The van der Waals surface area contributed by atoms with Gasteiger partial charge in [0.15, 0.2) is 6.04 Å². The Morgan fingerprint density at radius 3 is 1.67 bits per heavy atom. The number of ether oxygens (including phenoxy) is 1. The van der Waals surface area contributed by atoms with Crippen molar-refractivity contribution in [3.8, 4) is 0 Å². The van der Waals surface area contributed by atoms with Crippen LogP contribution >= 0.6 is 7.82 Å². The van der Waals surface area contributed by atoms with Crippen molar-refractivity contribution in [2.24, 2.45) is 0 Å². The molecule has 0 bridgehead atoms. The molecule has 0 saturated carbocycles. The lowest BCUT2D eigenvalue weighted by atomic mass is 10.0. The highest BCUT2D eigenvalue weighted by Gasteiger charge is 2.28. The molecule has 0 rings (SSSR count). The minimum atomic E-state index is -4.75. The molecule has 3 atom stereocenters. The molecule has 4 N–H and O–H groups in total. The average Bonchev–Trinajstić information content (AvgIpc) is 3.10. The van der Waals surface area contributed by atoms with Crippen LogP contribution in [0.3, 0.4) is 0 Å². The second kappa shape index (κ2) is 35.0. The van der Waals surface area contributed by atoms with E-state index in [2.05, 4.69) is 43.5 Å². The van der Waals surface area contributed by atoms with Crippen LogP contribution in [-0.4, -0.2) is 64.9 Å². The normalized spacial score (nSPS) is 14.1. The number of carbonyl (C=O) groups excluding carboxylic acids is 2. The number of aliphatic carboxylic acids is 1. The van der Waals surface area contributed by atoms with E-state index in [1.54, 1.807) is 0 Å². The lowest BCUT2D eigenvalue weighted by Gasteiger charge is -2.18. The van der Waals surface area contributed by atoms with Crippen molar-refractivity contribution in [3.63, 3.8) is 0 Å². The molecule has 0 saturated heterocycles. The fraction of sp³-hybridized carbons (Fsp3) is 0.821. The molecule has 12 heteroatoms. The standard InChI is InChI=1S/C39H72NO10P/c1-3-5-7-9-11-13-15-17-19-20-22-24-26-28-30-37(42)40-36(39(44)45)34-50-51(46,47)49-33-35(41)32-48-38(43)31-29-27-25-23-21-18-16-14-12-10-8-6-4-2/h8,10,14,16,35-36,41H,3-7,9,11-13,15,17-34H2,1-2H3,(H,40,42)(H,44,45)(H,46,47)/b10-8-,16-14-. The smallest absolute Gasteiger partial charge is 0.472 e. The number of amides is 1.